The topological polar surface area (TPSA) is 161 Å². The second-order valence-electron chi connectivity index (χ2n) is 12.2. The minimum Gasteiger partial charge on any atom is -0.535 e. The largest absolute Gasteiger partial charge is 0.737 e. The lowest BCUT2D eigenvalue weighted by molar-refractivity contribution is -0.362. The maximum Gasteiger partial charge on any atom is 0.737 e. The number of carbonyl (C=O) groups is 3. The number of nitrogen functional groups attached to an aromatic ring is 1. The Hall–Kier alpha value is -4.89. The summed E-state index contributed by atoms with van der Waals surface area (Å²) in [6, 6.07) is 6.85. The molecule has 3 aromatic rings. The summed E-state index contributed by atoms with van der Waals surface area (Å²) in [6.45, 7) is 0.704. The second-order valence-corrected chi connectivity index (χ2v) is 13.1. The van der Waals surface area contributed by atoms with Crippen molar-refractivity contribution in [2.24, 2.45) is 5.16 Å². The fourth-order valence-electron chi connectivity index (χ4n) is 6.48. The second kappa shape index (κ2) is 13.6. The number of rotatable bonds is 12. The zero-order valence-corrected chi connectivity index (χ0v) is 27.9. The monoisotopic (exact) mass is 690 g/mol. The van der Waals surface area contributed by atoms with Crippen molar-refractivity contribution in [1.82, 2.24) is 14.8 Å². The van der Waals surface area contributed by atoms with Gasteiger partial charge < -0.3 is 43.2 Å². The molecule has 3 aliphatic rings. The first kappa shape index (κ1) is 34.0. The van der Waals surface area contributed by atoms with Crippen LogP contribution in [0.5, 0.6) is 5.75 Å². The van der Waals surface area contributed by atoms with Gasteiger partial charge in [-0.1, -0.05) is 17.3 Å². The lowest BCUT2D eigenvalue weighted by atomic mass is 9.64. The summed E-state index contributed by atoms with van der Waals surface area (Å²) >= 11 is 1.11. The smallest absolute Gasteiger partial charge is 0.535 e. The number of carbonyl (C=O) groups excluding carboxylic acids is 3. The molecule has 12 nitrogen and oxygen atoms in total. The van der Waals surface area contributed by atoms with Crippen LogP contribution in [0, 0.1) is 13.8 Å². The molecule has 254 valence electrons. The average Bonchev–Trinajstić information content (AvgIpc) is 3.74. The molecule has 1 amide bonds. The first-order valence-corrected chi connectivity index (χ1v) is 16.7. The van der Waals surface area contributed by atoms with Gasteiger partial charge in [-0.25, -0.2) is 4.98 Å². The molecule has 0 aliphatic carbocycles. The number of thiazole rings is 1. The van der Waals surface area contributed by atoms with Gasteiger partial charge in [0.15, 0.2) is 28.1 Å². The predicted molar refractivity (Wildman–Crippen MR) is 183 cm³/mol. The summed E-state index contributed by atoms with van der Waals surface area (Å²) in [6.07, 6.45) is 5.20. The molecule has 0 spiro atoms. The highest BCUT2D eigenvalue weighted by Gasteiger charge is 2.52. The number of para-hydroxylation sites is 1. The lowest BCUT2D eigenvalue weighted by Gasteiger charge is -2.30. The Morgan fingerprint density at radius 3 is 2.84 bits per heavy atom. The van der Waals surface area contributed by atoms with E-state index in [-0.39, 0.29) is 60.6 Å². The van der Waals surface area contributed by atoms with E-state index in [0.717, 1.165) is 25.9 Å². The van der Waals surface area contributed by atoms with Crippen molar-refractivity contribution in [2.45, 2.75) is 52.3 Å². The standard InChI is InChI=1S/C32H34B2F2N6O6S/c1-18-13-19(2)41-27(18)16-24-8-7-23(42(24)34(41,35)36)9-10-29(45)38-11-12-47-40-30(26-17-49-32(37)39-26)28(44)15-22-14-21-5-4-6-25(20(3)43)31(21)48-33(22)46/h4-8,13,16-17,22,46H,9-12,14-15H2,1-3H3,(H2,37,39)(H,38,45)/t22-/m1/s1. The van der Waals surface area contributed by atoms with Gasteiger partial charge in [0, 0.05) is 54.4 Å². The van der Waals surface area contributed by atoms with E-state index in [2.05, 4.69) is 15.5 Å². The van der Waals surface area contributed by atoms with Crippen LogP contribution in [0.4, 0.5) is 13.8 Å². The highest BCUT2D eigenvalue weighted by molar-refractivity contribution is 7.13. The number of nitrogens with one attached hydrogen (secondary N) is 1. The van der Waals surface area contributed by atoms with Gasteiger partial charge in [0.05, 0.1) is 12.1 Å². The molecule has 17 heteroatoms. The van der Waals surface area contributed by atoms with Crippen molar-refractivity contribution >= 4 is 65.5 Å². The molecule has 0 radical (unpaired) electrons. The van der Waals surface area contributed by atoms with Crippen LogP contribution in [-0.2, 0) is 20.8 Å². The molecule has 49 heavy (non-hydrogen) atoms. The maximum absolute atomic E-state index is 15.6. The predicted octanol–water partition coefficient (Wildman–Crippen LogP) is 3.71. The minimum atomic E-state index is -4.11. The van der Waals surface area contributed by atoms with E-state index in [1.807, 2.05) is 0 Å². The van der Waals surface area contributed by atoms with E-state index in [4.69, 9.17) is 15.2 Å². The number of fused-ring (bicyclic) bond motifs is 3. The summed E-state index contributed by atoms with van der Waals surface area (Å²) in [5.41, 5.74) is 9.41. The van der Waals surface area contributed by atoms with Crippen molar-refractivity contribution in [2.75, 3.05) is 18.9 Å². The summed E-state index contributed by atoms with van der Waals surface area (Å²) in [7, 11) is -1.34. The van der Waals surface area contributed by atoms with E-state index >= 15 is 8.63 Å². The normalized spacial score (nSPS) is 17.6. The van der Waals surface area contributed by atoms with Crippen molar-refractivity contribution in [3.8, 4) is 5.75 Å². The zero-order chi connectivity index (χ0) is 35.0. The van der Waals surface area contributed by atoms with Crippen molar-refractivity contribution in [3.63, 3.8) is 0 Å². The first-order chi connectivity index (χ1) is 23.3. The molecule has 3 aliphatic heterocycles. The molecule has 4 N–H and O–H groups in total. The molecule has 2 aromatic heterocycles. The van der Waals surface area contributed by atoms with E-state index in [0.29, 0.717) is 46.1 Å². The van der Waals surface area contributed by atoms with Crippen LogP contribution in [0.25, 0.3) is 6.08 Å². The van der Waals surface area contributed by atoms with Gasteiger partial charge in [0.2, 0.25) is 5.91 Å². The minimum absolute atomic E-state index is 0.0277. The number of hydrogen-bond donors (Lipinski definition) is 3. The van der Waals surface area contributed by atoms with Crippen molar-refractivity contribution in [3.05, 3.63) is 81.3 Å². The van der Waals surface area contributed by atoms with Crippen LogP contribution in [0.2, 0.25) is 5.82 Å². The molecule has 0 saturated heterocycles. The number of nitrogens with zero attached hydrogens (tertiary/aromatic N) is 4. The van der Waals surface area contributed by atoms with E-state index < -0.39 is 25.7 Å². The molecular formula is C32H34B2F2N6O6S. The van der Waals surface area contributed by atoms with Crippen LogP contribution in [0.1, 0.15) is 64.8 Å². The summed E-state index contributed by atoms with van der Waals surface area (Å²) in [5.74, 6) is -1.37. The summed E-state index contributed by atoms with van der Waals surface area (Å²) in [5, 5.41) is 19.2. The zero-order valence-electron chi connectivity index (χ0n) is 27.1. The third kappa shape index (κ3) is 6.72. The number of anilines is 1. The van der Waals surface area contributed by atoms with Crippen molar-refractivity contribution < 1.29 is 42.0 Å². The van der Waals surface area contributed by atoms with Crippen LogP contribution in [0.15, 0.2) is 52.7 Å². The molecular weight excluding hydrogens is 656 g/mol. The molecule has 0 unspecified atom stereocenters. The highest BCUT2D eigenvalue weighted by atomic mass is 32.1. The Balaban J connectivity index is 1.04. The number of aryl methyl sites for hydroxylation is 2. The quantitative estimate of drug-likeness (QED) is 0.0853. The van der Waals surface area contributed by atoms with E-state index in [1.54, 1.807) is 61.7 Å². The molecule has 0 fully saturated rings. The lowest BCUT2D eigenvalue weighted by Crippen LogP contribution is -2.50. The number of ketones is 2. The first-order valence-electron chi connectivity index (χ1n) is 15.8. The Kier molecular flexibility index (Phi) is 9.40. The van der Waals surface area contributed by atoms with Gasteiger partial charge in [0.25, 0.3) is 0 Å². The number of Topliss-reactive ketones (excluding diaryl/α,β-unsaturated/α-hetero) is 2. The van der Waals surface area contributed by atoms with Crippen LogP contribution in [-0.4, -0.2) is 75.1 Å². The van der Waals surface area contributed by atoms with Gasteiger partial charge >= 0.3 is 14.1 Å². The summed E-state index contributed by atoms with van der Waals surface area (Å²) in [4.78, 5) is 47.6. The molecule has 0 saturated carbocycles. The van der Waals surface area contributed by atoms with E-state index in [9.17, 15) is 19.4 Å². The number of aromatic nitrogens is 2. The van der Waals surface area contributed by atoms with Gasteiger partial charge in [-0.3, -0.25) is 14.4 Å². The fourth-order valence-corrected chi connectivity index (χ4v) is 7.03. The SMILES string of the molecule is CC(=O)c1cccc2c1OB(O)[C@@H](CC(=O)C(=NOCCNC(=O)CCC1=[N+]3C(=Cc4c(C)cc(C)n4[B-]3(F)F)C=C1)c1csc(N)n1)C2. The summed E-state index contributed by atoms with van der Waals surface area (Å²) < 4.78 is 39.0. The Morgan fingerprint density at radius 1 is 1.31 bits per heavy atom. The van der Waals surface area contributed by atoms with Crippen molar-refractivity contribution in [1.29, 1.82) is 0 Å². The molecule has 5 heterocycles. The number of halogens is 2. The highest BCUT2D eigenvalue weighted by Crippen LogP contribution is 2.37. The third-order valence-electron chi connectivity index (χ3n) is 8.76. The number of amides is 1. The number of hydrogen-bond acceptors (Lipinski definition) is 10. The number of allylic oxidation sites excluding steroid dienone is 2. The maximum atomic E-state index is 15.6. The molecule has 0 bridgehead atoms. The Morgan fingerprint density at radius 2 is 2.10 bits per heavy atom. The van der Waals surface area contributed by atoms with Crippen LogP contribution < -0.4 is 15.7 Å². The van der Waals surface area contributed by atoms with Gasteiger partial charge in [-0.15, -0.1) is 11.3 Å². The van der Waals surface area contributed by atoms with Gasteiger partial charge in [-0.2, -0.15) is 0 Å². The third-order valence-corrected chi connectivity index (χ3v) is 9.44. The number of benzene rings is 1. The number of nitrogens with two attached hydrogens (primary N) is 1. The molecule has 6 rings (SSSR count). The average molecular weight is 690 g/mol. The van der Waals surface area contributed by atoms with Crippen LogP contribution >= 0.6 is 11.3 Å². The Bertz CT molecular complexity index is 1990. The molecule has 1 atom stereocenters. The van der Waals surface area contributed by atoms with Gasteiger partial charge in [-0.05, 0) is 56.1 Å². The fraction of sp³-hybridized carbons (Fsp3) is 0.312. The Labute approximate surface area is 285 Å². The number of oxime groups is 1. The van der Waals surface area contributed by atoms with E-state index in [1.165, 1.54) is 6.92 Å². The van der Waals surface area contributed by atoms with Gasteiger partial charge in [0.1, 0.15) is 23.8 Å². The molecule has 1 aromatic carbocycles. The van der Waals surface area contributed by atoms with Crippen LogP contribution in [0.3, 0.4) is 0 Å².